The molecular formula is C10H9BrClN3. The zero-order valence-electron chi connectivity index (χ0n) is 7.80. The van der Waals surface area contributed by atoms with E-state index < -0.39 is 0 Å². The molecule has 0 saturated heterocycles. The van der Waals surface area contributed by atoms with E-state index in [0.29, 0.717) is 17.3 Å². The highest BCUT2D eigenvalue weighted by Gasteiger charge is 2.09. The zero-order valence-corrected chi connectivity index (χ0v) is 10.1. The minimum absolute atomic E-state index is 0.532. The molecule has 0 atom stereocenters. The fraction of sp³-hybridized carbons (Fsp3) is 0.100. The molecule has 15 heavy (non-hydrogen) atoms. The Morgan fingerprint density at radius 3 is 2.87 bits per heavy atom. The van der Waals surface area contributed by atoms with Gasteiger partial charge in [0.2, 0.25) is 0 Å². The van der Waals surface area contributed by atoms with Gasteiger partial charge in [-0.2, -0.15) is 0 Å². The molecule has 0 radical (unpaired) electrons. The fourth-order valence-corrected chi connectivity index (χ4v) is 1.68. The van der Waals surface area contributed by atoms with Crippen molar-refractivity contribution < 1.29 is 0 Å². The number of nitrogens with zero attached hydrogens (tertiary/aromatic N) is 1. The molecule has 78 valence electrons. The number of hydrogen-bond donors (Lipinski definition) is 2. The molecule has 1 aliphatic heterocycles. The van der Waals surface area contributed by atoms with Crippen LogP contribution in [0.2, 0.25) is 5.02 Å². The molecule has 3 nitrogen and oxygen atoms in total. The molecule has 5 heteroatoms. The summed E-state index contributed by atoms with van der Waals surface area (Å²) in [5, 5.41) is 9.92. The number of halogens is 2. The molecule has 2 N–H and O–H groups in total. The van der Waals surface area contributed by atoms with E-state index in [1.54, 1.807) is 6.08 Å². The maximum Gasteiger partial charge on any atom is 0.0586 e. The van der Waals surface area contributed by atoms with Gasteiger partial charge in [-0.3, -0.25) is 5.01 Å². The van der Waals surface area contributed by atoms with Gasteiger partial charge in [-0.05, 0) is 40.2 Å². The third-order valence-electron chi connectivity index (χ3n) is 2.05. The van der Waals surface area contributed by atoms with Crippen molar-refractivity contribution >= 4 is 38.9 Å². The van der Waals surface area contributed by atoms with E-state index in [-0.39, 0.29) is 0 Å². The first kappa shape index (κ1) is 10.7. The van der Waals surface area contributed by atoms with Crippen LogP contribution in [0.25, 0.3) is 0 Å². The van der Waals surface area contributed by atoms with Crippen molar-refractivity contribution in [3.05, 3.63) is 40.0 Å². The molecule has 1 heterocycles. The third-order valence-corrected chi connectivity index (χ3v) is 3.28. The first-order valence-corrected chi connectivity index (χ1v) is 5.57. The van der Waals surface area contributed by atoms with E-state index >= 15 is 0 Å². The number of nitrogens with one attached hydrogen (secondary N) is 2. The quantitative estimate of drug-likeness (QED) is 0.833. The summed E-state index contributed by atoms with van der Waals surface area (Å²) in [5.74, 6) is 0. The number of benzene rings is 1. The molecule has 0 aliphatic carbocycles. The van der Waals surface area contributed by atoms with E-state index in [4.69, 9.17) is 17.0 Å². The van der Waals surface area contributed by atoms with Crippen molar-refractivity contribution in [2.24, 2.45) is 0 Å². The predicted molar refractivity (Wildman–Crippen MR) is 66.5 cm³/mol. The van der Waals surface area contributed by atoms with Crippen LogP contribution in [-0.2, 0) is 0 Å². The second kappa shape index (κ2) is 4.35. The van der Waals surface area contributed by atoms with Gasteiger partial charge in [-0.15, -0.1) is 0 Å². The Morgan fingerprint density at radius 1 is 1.47 bits per heavy atom. The van der Waals surface area contributed by atoms with Crippen LogP contribution < -0.4 is 10.4 Å². The SMILES string of the molecule is N=C1C=CN(c2ccc(Br)c(Cl)c2)NC1. The van der Waals surface area contributed by atoms with Crippen molar-refractivity contribution in [3.8, 4) is 0 Å². The van der Waals surface area contributed by atoms with Crippen molar-refractivity contribution in [1.29, 1.82) is 5.41 Å². The molecule has 2 rings (SSSR count). The van der Waals surface area contributed by atoms with Crippen molar-refractivity contribution in [1.82, 2.24) is 5.43 Å². The fourth-order valence-electron chi connectivity index (χ4n) is 1.26. The van der Waals surface area contributed by atoms with Crippen LogP contribution in [0.1, 0.15) is 0 Å². The average Bonchev–Trinajstić information content (AvgIpc) is 2.23. The molecule has 0 aromatic heterocycles. The highest BCUT2D eigenvalue weighted by molar-refractivity contribution is 9.10. The lowest BCUT2D eigenvalue weighted by Crippen LogP contribution is -2.40. The number of hydrazine groups is 1. The van der Waals surface area contributed by atoms with Gasteiger partial charge >= 0.3 is 0 Å². The molecule has 0 spiro atoms. The lowest BCUT2D eigenvalue weighted by atomic mass is 10.3. The van der Waals surface area contributed by atoms with Crippen LogP contribution in [0.15, 0.2) is 34.9 Å². The van der Waals surface area contributed by atoms with Gasteiger partial charge in [-0.25, -0.2) is 5.43 Å². The summed E-state index contributed by atoms with van der Waals surface area (Å²) in [7, 11) is 0. The summed E-state index contributed by atoms with van der Waals surface area (Å²) in [5.41, 5.74) is 4.60. The van der Waals surface area contributed by atoms with Crippen molar-refractivity contribution in [2.45, 2.75) is 0 Å². The molecule has 0 amide bonds. The predicted octanol–water partition coefficient (Wildman–Crippen LogP) is 2.96. The molecule has 0 fully saturated rings. The monoisotopic (exact) mass is 285 g/mol. The summed E-state index contributed by atoms with van der Waals surface area (Å²) in [6.07, 6.45) is 3.57. The van der Waals surface area contributed by atoms with Crippen LogP contribution in [0.5, 0.6) is 0 Å². The molecule has 0 unspecified atom stereocenters. The lowest BCUT2D eigenvalue weighted by molar-refractivity contribution is 0.772. The van der Waals surface area contributed by atoms with Crippen LogP contribution in [0.3, 0.4) is 0 Å². The lowest BCUT2D eigenvalue weighted by Gasteiger charge is -2.25. The Labute approximate surface area is 101 Å². The summed E-state index contributed by atoms with van der Waals surface area (Å²) < 4.78 is 0.877. The molecule has 1 aromatic rings. The van der Waals surface area contributed by atoms with E-state index in [2.05, 4.69) is 21.4 Å². The standard InChI is InChI=1S/C10H9BrClN3/c11-9-2-1-8(5-10(9)12)15-4-3-7(13)6-14-15/h1-5,13-14H,6H2. The van der Waals surface area contributed by atoms with Crippen LogP contribution in [0, 0.1) is 5.41 Å². The summed E-state index contributed by atoms with van der Waals surface area (Å²) in [6.45, 7) is 0.532. The summed E-state index contributed by atoms with van der Waals surface area (Å²) in [4.78, 5) is 0. The van der Waals surface area contributed by atoms with Crippen molar-refractivity contribution in [3.63, 3.8) is 0 Å². The van der Waals surface area contributed by atoms with Gasteiger partial charge in [0.25, 0.3) is 0 Å². The normalized spacial score (nSPS) is 15.9. The second-order valence-electron chi connectivity index (χ2n) is 3.14. The summed E-state index contributed by atoms with van der Waals surface area (Å²) >= 11 is 9.33. The zero-order chi connectivity index (χ0) is 10.8. The smallest absolute Gasteiger partial charge is 0.0586 e. The molecule has 1 aliphatic rings. The topological polar surface area (TPSA) is 39.1 Å². The maximum absolute atomic E-state index is 7.41. The second-order valence-corrected chi connectivity index (χ2v) is 4.41. The van der Waals surface area contributed by atoms with Gasteiger partial charge in [-0.1, -0.05) is 11.6 Å². The number of rotatable bonds is 1. The van der Waals surface area contributed by atoms with E-state index in [1.165, 1.54) is 0 Å². The Balaban J connectivity index is 2.27. The average molecular weight is 287 g/mol. The Kier molecular flexibility index (Phi) is 3.09. The minimum atomic E-state index is 0.532. The van der Waals surface area contributed by atoms with E-state index in [1.807, 2.05) is 29.4 Å². The molecule has 1 aromatic carbocycles. The maximum atomic E-state index is 7.41. The Morgan fingerprint density at radius 2 is 2.27 bits per heavy atom. The van der Waals surface area contributed by atoms with Crippen LogP contribution in [-0.4, -0.2) is 12.3 Å². The Hall–Kier alpha value is -0.840. The molecule has 0 saturated carbocycles. The summed E-state index contributed by atoms with van der Waals surface area (Å²) in [6, 6.07) is 5.70. The highest BCUT2D eigenvalue weighted by Crippen LogP contribution is 2.27. The Bertz CT molecular complexity index is 431. The first-order valence-electron chi connectivity index (χ1n) is 4.40. The largest absolute Gasteiger partial charge is 0.304 e. The van der Waals surface area contributed by atoms with Crippen molar-refractivity contribution in [2.75, 3.05) is 11.6 Å². The van der Waals surface area contributed by atoms with E-state index in [9.17, 15) is 0 Å². The minimum Gasteiger partial charge on any atom is -0.304 e. The number of anilines is 1. The van der Waals surface area contributed by atoms with Crippen LogP contribution in [0.4, 0.5) is 5.69 Å². The highest BCUT2D eigenvalue weighted by atomic mass is 79.9. The van der Waals surface area contributed by atoms with Gasteiger partial charge < -0.3 is 5.41 Å². The van der Waals surface area contributed by atoms with Gasteiger partial charge in [0, 0.05) is 16.4 Å². The molecular weight excluding hydrogens is 277 g/mol. The van der Waals surface area contributed by atoms with Gasteiger partial charge in [0.15, 0.2) is 0 Å². The van der Waals surface area contributed by atoms with E-state index in [0.717, 1.165) is 10.2 Å². The molecule has 0 bridgehead atoms. The third kappa shape index (κ3) is 2.40. The van der Waals surface area contributed by atoms with Gasteiger partial charge in [0.1, 0.15) is 0 Å². The first-order chi connectivity index (χ1) is 7.16. The van der Waals surface area contributed by atoms with Gasteiger partial charge in [0.05, 0.1) is 17.3 Å². The number of hydrogen-bond acceptors (Lipinski definition) is 3. The van der Waals surface area contributed by atoms with Crippen LogP contribution >= 0.6 is 27.5 Å².